The van der Waals surface area contributed by atoms with E-state index in [1.54, 1.807) is 0 Å². The van der Waals surface area contributed by atoms with Crippen molar-refractivity contribution >= 4 is 40.0 Å². The summed E-state index contributed by atoms with van der Waals surface area (Å²) in [6, 6.07) is 0.0334. The molecule has 2 aliphatic rings. The summed E-state index contributed by atoms with van der Waals surface area (Å²) in [4.78, 5) is 8.97. The average molecular weight is 525 g/mol. The van der Waals surface area contributed by atoms with E-state index in [0.29, 0.717) is 25.0 Å². The fourth-order valence-corrected chi connectivity index (χ4v) is 4.35. The molecule has 1 fully saturated rings. The Morgan fingerprint density at radius 3 is 2.75 bits per heavy atom. The minimum absolute atomic E-state index is 0. The molecule has 1 atom stereocenters. The molecule has 0 saturated heterocycles. The molecule has 9 nitrogen and oxygen atoms in total. The molecule has 160 valence electrons. The molecule has 0 spiro atoms. The minimum Gasteiger partial charge on any atom is -0.357 e. The third kappa shape index (κ3) is 6.55. The van der Waals surface area contributed by atoms with Crippen molar-refractivity contribution in [3.05, 3.63) is 11.6 Å². The van der Waals surface area contributed by atoms with Crippen LogP contribution in [0.25, 0.3) is 0 Å². The SMILES string of the molecule is CCNC(=NCCS(=O)(=O)NCC1CCC1)NC1CCCn2nc(C)nc21.I. The molecule has 1 aliphatic carbocycles. The van der Waals surface area contributed by atoms with Gasteiger partial charge < -0.3 is 10.6 Å². The van der Waals surface area contributed by atoms with Crippen LogP contribution in [0.4, 0.5) is 0 Å². The summed E-state index contributed by atoms with van der Waals surface area (Å²) in [6.45, 7) is 6.24. The zero-order valence-electron chi connectivity index (χ0n) is 16.6. The second-order valence-electron chi connectivity index (χ2n) is 7.30. The van der Waals surface area contributed by atoms with Gasteiger partial charge in [-0.05, 0) is 45.4 Å². The Balaban J connectivity index is 0.00000280. The number of aromatic nitrogens is 3. The van der Waals surface area contributed by atoms with Crippen LogP contribution < -0.4 is 15.4 Å². The second kappa shape index (κ2) is 10.7. The van der Waals surface area contributed by atoms with E-state index in [4.69, 9.17) is 0 Å². The Kier molecular flexibility index (Phi) is 8.93. The third-order valence-electron chi connectivity index (χ3n) is 5.08. The monoisotopic (exact) mass is 525 g/mol. The molecule has 1 saturated carbocycles. The lowest BCUT2D eigenvalue weighted by Crippen LogP contribution is -2.42. The lowest BCUT2D eigenvalue weighted by molar-refractivity contribution is 0.316. The molecular weight excluding hydrogens is 493 g/mol. The Labute approximate surface area is 184 Å². The number of aryl methyl sites for hydroxylation is 2. The molecular formula is C17H32IN7O2S. The zero-order valence-corrected chi connectivity index (χ0v) is 19.8. The maximum atomic E-state index is 12.1. The Morgan fingerprint density at radius 1 is 1.29 bits per heavy atom. The number of guanidine groups is 1. The van der Waals surface area contributed by atoms with Gasteiger partial charge in [0.2, 0.25) is 10.0 Å². The molecule has 28 heavy (non-hydrogen) atoms. The van der Waals surface area contributed by atoms with Crippen LogP contribution in [0.1, 0.15) is 56.7 Å². The summed E-state index contributed by atoms with van der Waals surface area (Å²) < 4.78 is 28.9. The Morgan fingerprint density at radius 2 is 2.07 bits per heavy atom. The molecule has 0 aromatic carbocycles. The standard InChI is InChI=1S/C17H31N7O2S.HI/c1-3-18-17(19-9-11-27(25,26)20-12-14-6-4-7-14)22-15-8-5-10-24-16(15)21-13(2)23-24;/h14-15,20H,3-12H2,1-2H3,(H2,18,19,22);1H. The van der Waals surface area contributed by atoms with Gasteiger partial charge in [-0.15, -0.1) is 24.0 Å². The van der Waals surface area contributed by atoms with Crippen molar-refractivity contribution in [1.82, 2.24) is 30.1 Å². The van der Waals surface area contributed by atoms with E-state index < -0.39 is 10.0 Å². The van der Waals surface area contributed by atoms with Crippen LogP contribution in [0.3, 0.4) is 0 Å². The van der Waals surface area contributed by atoms with Crippen LogP contribution in [0.2, 0.25) is 0 Å². The number of aliphatic imine (C=N–C) groups is 1. The molecule has 1 aromatic heterocycles. The van der Waals surface area contributed by atoms with Crippen LogP contribution >= 0.6 is 24.0 Å². The molecule has 3 rings (SSSR count). The number of hydrogen-bond donors (Lipinski definition) is 3. The Bertz CT molecular complexity index is 762. The summed E-state index contributed by atoms with van der Waals surface area (Å²) in [5.41, 5.74) is 0. The van der Waals surface area contributed by atoms with Gasteiger partial charge in [0.25, 0.3) is 0 Å². The van der Waals surface area contributed by atoms with Crippen molar-refractivity contribution in [3.63, 3.8) is 0 Å². The van der Waals surface area contributed by atoms with Gasteiger partial charge in [-0.25, -0.2) is 22.8 Å². The van der Waals surface area contributed by atoms with Crippen molar-refractivity contribution in [2.75, 3.05) is 25.4 Å². The van der Waals surface area contributed by atoms with Crippen LogP contribution in [-0.4, -0.2) is 54.5 Å². The molecule has 0 amide bonds. The molecule has 0 bridgehead atoms. The van der Waals surface area contributed by atoms with E-state index in [1.165, 1.54) is 6.42 Å². The third-order valence-corrected chi connectivity index (χ3v) is 6.41. The van der Waals surface area contributed by atoms with Gasteiger partial charge in [0.15, 0.2) is 5.96 Å². The first kappa shape index (κ1) is 23.3. The first-order valence-electron chi connectivity index (χ1n) is 9.90. The molecule has 3 N–H and O–H groups in total. The number of rotatable bonds is 8. The minimum atomic E-state index is -3.28. The molecule has 11 heteroatoms. The summed E-state index contributed by atoms with van der Waals surface area (Å²) in [5.74, 6) is 2.81. The topological polar surface area (TPSA) is 113 Å². The first-order chi connectivity index (χ1) is 13.0. The van der Waals surface area contributed by atoms with E-state index in [9.17, 15) is 8.42 Å². The van der Waals surface area contributed by atoms with E-state index >= 15 is 0 Å². The molecule has 1 aliphatic heterocycles. The summed E-state index contributed by atoms with van der Waals surface area (Å²) in [5, 5.41) is 11.0. The lowest BCUT2D eigenvalue weighted by Gasteiger charge is -2.25. The van der Waals surface area contributed by atoms with Crippen molar-refractivity contribution in [2.45, 2.75) is 58.5 Å². The predicted molar refractivity (Wildman–Crippen MR) is 120 cm³/mol. The van der Waals surface area contributed by atoms with Crippen molar-refractivity contribution in [2.24, 2.45) is 10.9 Å². The molecule has 2 heterocycles. The van der Waals surface area contributed by atoms with Crippen molar-refractivity contribution < 1.29 is 8.42 Å². The number of sulfonamides is 1. The smallest absolute Gasteiger partial charge is 0.213 e. The summed E-state index contributed by atoms with van der Waals surface area (Å²) >= 11 is 0. The van der Waals surface area contributed by atoms with Crippen LogP contribution in [0.15, 0.2) is 4.99 Å². The maximum absolute atomic E-state index is 12.1. The number of fused-ring (bicyclic) bond motifs is 1. The maximum Gasteiger partial charge on any atom is 0.213 e. The Hall–Kier alpha value is -0.950. The number of hydrogen-bond acceptors (Lipinski definition) is 5. The van der Waals surface area contributed by atoms with E-state index in [1.807, 2.05) is 18.5 Å². The van der Waals surface area contributed by atoms with E-state index in [-0.39, 0.29) is 42.3 Å². The highest BCUT2D eigenvalue weighted by Crippen LogP contribution is 2.25. The number of nitrogens with zero attached hydrogens (tertiary/aromatic N) is 4. The highest BCUT2D eigenvalue weighted by molar-refractivity contribution is 14.0. The van der Waals surface area contributed by atoms with Gasteiger partial charge in [-0.1, -0.05) is 6.42 Å². The summed E-state index contributed by atoms with van der Waals surface area (Å²) in [6.07, 6.45) is 5.43. The highest BCUT2D eigenvalue weighted by atomic mass is 127. The number of halogens is 1. The van der Waals surface area contributed by atoms with Crippen molar-refractivity contribution in [3.8, 4) is 0 Å². The molecule has 1 aromatic rings. The lowest BCUT2D eigenvalue weighted by atomic mass is 9.86. The fourth-order valence-electron chi connectivity index (χ4n) is 3.38. The van der Waals surface area contributed by atoms with Gasteiger partial charge in [-0.3, -0.25) is 4.99 Å². The number of nitrogens with one attached hydrogen (secondary N) is 3. The van der Waals surface area contributed by atoms with Gasteiger partial charge >= 0.3 is 0 Å². The zero-order chi connectivity index (χ0) is 19.3. The molecule has 0 radical (unpaired) electrons. The quantitative estimate of drug-likeness (QED) is 0.268. The second-order valence-corrected chi connectivity index (χ2v) is 9.23. The summed E-state index contributed by atoms with van der Waals surface area (Å²) in [7, 11) is -3.28. The van der Waals surface area contributed by atoms with E-state index in [2.05, 4.69) is 30.4 Å². The largest absolute Gasteiger partial charge is 0.357 e. The van der Waals surface area contributed by atoms with Gasteiger partial charge in [0.1, 0.15) is 11.6 Å². The fraction of sp³-hybridized carbons (Fsp3) is 0.824. The van der Waals surface area contributed by atoms with Gasteiger partial charge in [0.05, 0.1) is 18.3 Å². The molecule has 1 unspecified atom stereocenters. The van der Waals surface area contributed by atoms with Gasteiger partial charge in [-0.2, -0.15) is 5.10 Å². The first-order valence-corrected chi connectivity index (χ1v) is 11.6. The van der Waals surface area contributed by atoms with Gasteiger partial charge in [0, 0.05) is 19.6 Å². The van der Waals surface area contributed by atoms with Crippen molar-refractivity contribution in [1.29, 1.82) is 0 Å². The normalized spacial score (nSPS) is 20.1. The van der Waals surface area contributed by atoms with Crippen LogP contribution in [-0.2, 0) is 16.6 Å². The predicted octanol–water partition coefficient (Wildman–Crippen LogP) is 1.31. The average Bonchev–Trinajstić information content (AvgIpc) is 2.94. The van der Waals surface area contributed by atoms with E-state index in [0.717, 1.165) is 43.9 Å². The van der Waals surface area contributed by atoms with Crippen LogP contribution in [0.5, 0.6) is 0 Å². The van der Waals surface area contributed by atoms with Crippen LogP contribution in [0, 0.1) is 12.8 Å². The highest BCUT2D eigenvalue weighted by Gasteiger charge is 2.24.